The van der Waals surface area contributed by atoms with Gasteiger partial charge in [0.1, 0.15) is 24.2 Å². The highest BCUT2D eigenvalue weighted by molar-refractivity contribution is 6.11. The Morgan fingerprint density at radius 1 is 0.886 bits per heavy atom. The summed E-state index contributed by atoms with van der Waals surface area (Å²) in [5.74, 6) is -1.58. The zero-order valence-corrected chi connectivity index (χ0v) is 24.5. The molecule has 4 rings (SSSR count). The number of phenolic OH excluding ortho intramolecular Hbond substituents is 1. The number of benzene rings is 3. The molecule has 0 bridgehead atoms. The molecule has 1 aliphatic heterocycles. The van der Waals surface area contributed by atoms with Crippen molar-refractivity contribution < 1.29 is 33.8 Å². The Morgan fingerprint density at radius 2 is 1.50 bits per heavy atom. The number of carbonyl (C=O) groups excluding carboxylic acids is 4. The van der Waals surface area contributed by atoms with Gasteiger partial charge in [-0.2, -0.15) is 0 Å². The molecule has 4 N–H and O–H groups in total. The first kappa shape index (κ1) is 31.9. The lowest BCUT2D eigenvalue weighted by molar-refractivity contribution is -0.152. The quantitative estimate of drug-likeness (QED) is 0.150. The van der Waals surface area contributed by atoms with Gasteiger partial charge in [0.05, 0.1) is 12.7 Å². The molecule has 0 aromatic heterocycles. The molecular weight excluding hydrogens is 564 g/mol. The van der Waals surface area contributed by atoms with E-state index in [0.29, 0.717) is 37.1 Å². The van der Waals surface area contributed by atoms with Gasteiger partial charge in [-0.3, -0.25) is 19.8 Å². The molecule has 11 nitrogen and oxygen atoms in total. The van der Waals surface area contributed by atoms with Crippen LogP contribution in [0.1, 0.15) is 51.6 Å². The Labute approximate surface area is 255 Å². The maximum Gasteiger partial charge on any atom is 0.332 e. The van der Waals surface area contributed by atoms with E-state index < -0.39 is 23.8 Å². The molecule has 230 valence electrons. The highest BCUT2D eigenvalue weighted by atomic mass is 16.6. The Morgan fingerprint density at radius 3 is 2.14 bits per heavy atom. The van der Waals surface area contributed by atoms with Crippen molar-refractivity contribution in [1.29, 1.82) is 5.41 Å². The molecule has 1 aliphatic rings. The van der Waals surface area contributed by atoms with Crippen molar-refractivity contribution in [2.75, 3.05) is 26.3 Å². The average Bonchev–Trinajstić information content (AvgIpc) is 3.05. The Balaban J connectivity index is 1.39. The fourth-order valence-electron chi connectivity index (χ4n) is 4.80. The second-order valence-electron chi connectivity index (χ2n) is 10.3. The van der Waals surface area contributed by atoms with Gasteiger partial charge in [-0.1, -0.05) is 42.5 Å². The molecule has 3 amide bonds. The van der Waals surface area contributed by atoms with Gasteiger partial charge in [0.25, 0.3) is 11.8 Å². The van der Waals surface area contributed by atoms with Crippen molar-refractivity contribution in [3.8, 4) is 5.75 Å². The van der Waals surface area contributed by atoms with Gasteiger partial charge in [0.15, 0.2) is 0 Å². The molecule has 3 aromatic carbocycles. The van der Waals surface area contributed by atoms with Gasteiger partial charge >= 0.3 is 5.97 Å². The molecule has 1 saturated heterocycles. The molecule has 1 heterocycles. The third kappa shape index (κ3) is 8.98. The first-order chi connectivity index (χ1) is 21.2. The minimum atomic E-state index is -0.882. The summed E-state index contributed by atoms with van der Waals surface area (Å²) >= 11 is 0. The molecule has 0 aliphatic carbocycles. The molecular formula is C33H36N4O7. The number of piperidine rings is 1. The van der Waals surface area contributed by atoms with Crippen LogP contribution in [-0.4, -0.2) is 78.0 Å². The molecule has 44 heavy (non-hydrogen) atoms. The van der Waals surface area contributed by atoms with Crippen LogP contribution in [0.4, 0.5) is 0 Å². The zero-order valence-electron chi connectivity index (χ0n) is 24.5. The normalized spacial score (nSPS) is 13.9. The van der Waals surface area contributed by atoms with Gasteiger partial charge in [0, 0.05) is 36.2 Å². The number of hydrogen-bond acceptors (Lipinski definition) is 8. The van der Waals surface area contributed by atoms with E-state index in [2.05, 4.69) is 10.6 Å². The molecule has 0 spiro atoms. The fraction of sp³-hybridized carbons (Fsp3) is 0.303. The Bertz CT molecular complexity index is 1450. The lowest BCUT2D eigenvalue weighted by Gasteiger charge is -2.34. The van der Waals surface area contributed by atoms with Crippen LogP contribution in [0, 0.1) is 5.41 Å². The molecule has 0 saturated carbocycles. The van der Waals surface area contributed by atoms with Gasteiger partial charge in [-0.15, -0.1) is 0 Å². The average molecular weight is 601 g/mol. The molecule has 1 atom stereocenters. The summed E-state index contributed by atoms with van der Waals surface area (Å²) in [6, 6.07) is 20.3. The summed E-state index contributed by atoms with van der Waals surface area (Å²) in [7, 11) is 0. The van der Waals surface area contributed by atoms with Crippen LogP contribution in [0.25, 0.3) is 0 Å². The van der Waals surface area contributed by atoms with Crippen LogP contribution < -0.4 is 10.6 Å². The summed E-state index contributed by atoms with van der Waals surface area (Å²) in [6.45, 7) is 2.68. The largest absolute Gasteiger partial charge is 0.508 e. The van der Waals surface area contributed by atoms with E-state index in [1.54, 1.807) is 66.4 Å². The van der Waals surface area contributed by atoms with Crippen LogP contribution in [0.15, 0.2) is 78.9 Å². The summed E-state index contributed by atoms with van der Waals surface area (Å²) in [6.07, 6.45) is 1.11. The van der Waals surface area contributed by atoms with Crippen molar-refractivity contribution >= 4 is 29.5 Å². The highest BCUT2D eigenvalue weighted by Gasteiger charge is 2.30. The SMILES string of the molecule is CCOC(=O)COC1CCN(C(=O)C(Cc2ccc(O)cc2)NC(=O)c2ccc(C(=N)NC(=O)c3ccccc3)cc2)CC1. The van der Waals surface area contributed by atoms with Crippen molar-refractivity contribution in [3.63, 3.8) is 0 Å². The molecule has 1 unspecified atom stereocenters. The van der Waals surface area contributed by atoms with E-state index in [1.807, 2.05) is 0 Å². The molecule has 1 fully saturated rings. The number of likely N-dealkylation sites (tertiary alicyclic amines) is 1. The zero-order chi connectivity index (χ0) is 31.5. The monoisotopic (exact) mass is 600 g/mol. The van der Waals surface area contributed by atoms with Gasteiger partial charge in [0.2, 0.25) is 5.91 Å². The number of ether oxygens (including phenoxy) is 2. The topological polar surface area (TPSA) is 158 Å². The van der Waals surface area contributed by atoms with Gasteiger partial charge in [-0.05, 0) is 61.7 Å². The maximum atomic E-state index is 13.6. The minimum Gasteiger partial charge on any atom is -0.508 e. The van der Waals surface area contributed by atoms with E-state index in [-0.39, 0.29) is 48.8 Å². The fourth-order valence-corrected chi connectivity index (χ4v) is 4.80. The van der Waals surface area contributed by atoms with E-state index in [0.717, 1.165) is 5.56 Å². The van der Waals surface area contributed by atoms with E-state index >= 15 is 0 Å². The summed E-state index contributed by atoms with van der Waals surface area (Å²) < 4.78 is 10.5. The molecule has 11 heteroatoms. The number of esters is 1. The van der Waals surface area contributed by atoms with Crippen LogP contribution in [0.5, 0.6) is 5.75 Å². The maximum absolute atomic E-state index is 13.6. The van der Waals surface area contributed by atoms with Gasteiger partial charge in [-0.25, -0.2) is 4.79 Å². The third-order valence-electron chi connectivity index (χ3n) is 7.19. The number of amides is 3. The van der Waals surface area contributed by atoms with E-state index in [9.17, 15) is 24.3 Å². The van der Waals surface area contributed by atoms with Crippen molar-refractivity contribution in [3.05, 3.63) is 101 Å². The summed E-state index contributed by atoms with van der Waals surface area (Å²) in [5, 5.41) is 23.3. The summed E-state index contributed by atoms with van der Waals surface area (Å²) in [4.78, 5) is 52.6. The van der Waals surface area contributed by atoms with Gasteiger partial charge < -0.3 is 30.1 Å². The third-order valence-corrected chi connectivity index (χ3v) is 7.19. The first-order valence-corrected chi connectivity index (χ1v) is 14.4. The van der Waals surface area contributed by atoms with Crippen molar-refractivity contribution in [1.82, 2.24) is 15.5 Å². The number of amidine groups is 1. The molecule has 3 aromatic rings. The predicted molar refractivity (Wildman–Crippen MR) is 162 cm³/mol. The lowest BCUT2D eigenvalue weighted by atomic mass is 10.0. The highest BCUT2D eigenvalue weighted by Crippen LogP contribution is 2.18. The second-order valence-corrected chi connectivity index (χ2v) is 10.3. The van der Waals surface area contributed by atoms with Crippen LogP contribution in [0.2, 0.25) is 0 Å². The smallest absolute Gasteiger partial charge is 0.332 e. The number of aromatic hydroxyl groups is 1. The van der Waals surface area contributed by atoms with Crippen LogP contribution in [-0.2, 0) is 25.5 Å². The van der Waals surface area contributed by atoms with Crippen molar-refractivity contribution in [2.24, 2.45) is 0 Å². The number of phenols is 1. The van der Waals surface area contributed by atoms with E-state index in [1.165, 1.54) is 24.3 Å². The number of carbonyl (C=O) groups is 4. The lowest BCUT2D eigenvalue weighted by Crippen LogP contribution is -2.52. The van der Waals surface area contributed by atoms with Crippen molar-refractivity contribution in [2.45, 2.75) is 38.3 Å². The Kier molecular flexibility index (Phi) is 11.2. The number of hydrogen-bond donors (Lipinski definition) is 4. The molecule has 0 radical (unpaired) electrons. The minimum absolute atomic E-state index is 0.0937. The number of nitrogens with one attached hydrogen (secondary N) is 3. The standard InChI is InChI=1S/C33H36N4O7/c1-2-43-29(39)21-44-27-16-18-37(19-17-27)33(42)28(20-22-8-14-26(38)15-9-22)35-31(40)25-12-10-23(11-13-25)30(34)36-32(41)24-6-4-3-5-7-24/h3-15,27-28,38H,2,16-21H2,1H3,(H,35,40)(H2,34,36,41). The predicted octanol–water partition coefficient (Wildman–Crippen LogP) is 3.06. The first-order valence-electron chi connectivity index (χ1n) is 14.4. The second kappa shape index (κ2) is 15.4. The van der Waals surface area contributed by atoms with Crippen LogP contribution in [0.3, 0.4) is 0 Å². The Hall–Kier alpha value is -5.03. The summed E-state index contributed by atoms with van der Waals surface area (Å²) in [5.41, 5.74) is 1.87. The van der Waals surface area contributed by atoms with E-state index in [4.69, 9.17) is 14.9 Å². The number of nitrogens with zero attached hydrogens (tertiary/aromatic N) is 1. The number of rotatable bonds is 11. The van der Waals surface area contributed by atoms with Crippen LogP contribution >= 0.6 is 0 Å².